The highest BCUT2D eigenvalue weighted by atomic mass is 16.1. The molecule has 0 aromatic rings. The number of Topliss-reactive ketones (excluding diaryl/α,β-unsaturated/α-hetero) is 1. The molecule has 1 nitrogen and oxygen atoms in total. The van der Waals surface area contributed by atoms with Gasteiger partial charge >= 0.3 is 0 Å². The van der Waals surface area contributed by atoms with Gasteiger partial charge in [0.1, 0.15) is 0 Å². The quantitative estimate of drug-likeness (QED) is 0.561. The SMILES string of the molecule is CC1=CC=C(C(C)C)C(=O)C1. The van der Waals surface area contributed by atoms with E-state index in [9.17, 15) is 4.79 Å². The fourth-order valence-corrected chi connectivity index (χ4v) is 1.25. The van der Waals surface area contributed by atoms with Crippen molar-refractivity contribution >= 4 is 5.78 Å². The normalized spacial score (nSPS) is 18.4. The maximum absolute atomic E-state index is 11.3. The maximum Gasteiger partial charge on any atom is 0.163 e. The van der Waals surface area contributed by atoms with E-state index in [1.807, 2.05) is 19.1 Å². The molecule has 0 aromatic carbocycles. The Labute approximate surface area is 67.8 Å². The van der Waals surface area contributed by atoms with E-state index in [1.54, 1.807) is 0 Å². The number of hydrogen-bond donors (Lipinski definition) is 0. The Hall–Kier alpha value is -0.850. The molecule has 1 rings (SSSR count). The number of carbonyl (C=O) groups is 1. The standard InChI is InChI=1S/C10H14O/c1-7(2)9-5-4-8(3)6-10(9)11/h4-5,7H,6H2,1-3H3. The molecule has 0 fully saturated rings. The summed E-state index contributed by atoms with van der Waals surface area (Å²) in [7, 11) is 0. The lowest BCUT2D eigenvalue weighted by Crippen LogP contribution is -2.11. The minimum Gasteiger partial charge on any atom is -0.294 e. The molecular formula is C10H14O. The Morgan fingerprint density at radius 2 is 2.00 bits per heavy atom. The molecule has 0 heterocycles. The Morgan fingerprint density at radius 3 is 2.45 bits per heavy atom. The van der Waals surface area contributed by atoms with E-state index >= 15 is 0 Å². The lowest BCUT2D eigenvalue weighted by atomic mass is 9.91. The second-order valence-electron chi connectivity index (χ2n) is 3.39. The molecule has 1 aliphatic rings. The average molecular weight is 150 g/mol. The summed E-state index contributed by atoms with van der Waals surface area (Å²) in [6.07, 6.45) is 4.60. The summed E-state index contributed by atoms with van der Waals surface area (Å²) in [5.74, 6) is 0.659. The number of allylic oxidation sites excluding steroid dienone is 4. The van der Waals surface area contributed by atoms with E-state index in [0.717, 1.165) is 5.57 Å². The van der Waals surface area contributed by atoms with Crippen molar-refractivity contribution in [3.63, 3.8) is 0 Å². The first-order chi connectivity index (χ1) is 5.11. The van der Waals surface area contributed by atoms with Crippen molar-refractivity contribution in [3.05, 3.63) is 23.3 Å². The number of rotatable bonds is 1. The van der Waals surface area contributed by atoms with Gasteiger partial charge in [0.05, 0.1) is 0 Å². The third kappa shape index (κ3) is 1.79. The Balaban J connectivity index is 2.87. The van der Waals surface area contributed by atoms with Gasteiger partial charge in [-0.25, -0.2) is 0 Å². The third-order valence-electron chi connectivity index (χ3n) is 1.93. The van der Waals surface area contributed by atoms with Gasteiger partial charge in [-0.2, -0.15) is 0 Å². The van der Waals surface area contributed by atoms with Crippen LogP contribution in [0.2, 0.25) is 0 Å². The van der Waals surface area contributed by atoms with Crippen molar-refractivity contribution in [2.45, 2.75) is 27.2 Å². The second-order valence-corrected chi connectivity index (χ2v) is 3.39. The summed E-state index contributed by atoms with van der Waals surface area (Å²) < 4.78 is 0. The molecule has 0 saturated heterocycles. The summed E-state index contributed by atoms with van der Waals surface area (Å²) in [6, 6.07) is 0. The molecule has 0 aromatic heterocycles. The summed E-state index contributed by atoms with van der Waals surface area (Å²) in [5, 5.41) is 0. The van der Waals surface area contributed by atoms with Crippen LogP contribution in [-0.4, -0.2) is 5.78 Å². The fraction of sp³-hybridized carbons (Fsp3) is 0.500. The number of ketones is 1. The molecular weight excluding hydrogens is 136 g/mol. The summed E-state index contributed by atoms with van der Waals surface area (Å²) in [4.78, 5) is 11.3. The van der Waals surface area contributed by atoms with Crippen molar-refractivity contribution < 1.29 is 4.79 Å². The van der Waals surface area contributed by atoms with E-state index in [4.69, 9.17) is 0 Å². The molecule has 60 valence electrons. The van der Waals surface area contributed by atoms with Gasteiger partial charge in [0, 0.05) is 6.42 Å². The molecule has 0 aliphatic heterocycles. The zero-order valence-electron chi connectivity index (χ0n) is 7.35. The highest BCUT2D eigenvalue weighted by Gasteiger charge is 2.15. The Kier molecular flexibility index (Phi) is 2.28. The van der Waals surface area contributed by atoms with Gasteiger partial charge in [-0.1, -0.05) is 31.6 Å². The van der Waals surface area contributed by atoms with E-state index < -0.39 is 0 Å². The Morgan fingerprint density at radius 1 is 1.36 bits per heavy atom. The predicted octanol–water partition coefficient (Wildman–Crippen LogP) is 2.49. The molecule has 0 N–H and O–H groups in total. The van der Waals surface area contributed by atoms with Gasteiger partial charge in [-0.3, -0.25) is 4.79 Å². The van der Waals surface area contributed by atoms with Crippen LogP contribution < -0.4 is 0 Å². The fourth-order valence-electron chi connectivity index (χ4n) is 1.25. The molecule has 0 bridgehead atoms. The zero-order chi connectivity index (χ0) is 8.43. The van der Waals surface area contributed by atoms with Crippen molar-refractivity contribution in [2.75, 3.05) is 0 Å². The first kappa shape index (κ1) is 8.25. The lowest BCUT2D eigenvalue weighted by Gasteiger charge is -2.13. The number of carbonyl (C=O) groups excluding carboxylic acids is 1. The molecule has 0 amide bonds. The average Bonchev–Trinajstić information content (AvgIpc) is 1.85. The summed E-state index contributed by atoms with van der Waals surface area (Å²) >= 11 is 0. The second kappa shape index (κ2) is 3.04. The van der Waals surface area contributed by atoms with E-state index in [-0.39, 0.29) is 0 Å². The van der Waals surface area contributed by atoms with Crippen molar-refractivity contribution in [1.29, 1.82) is 0 Å². The van der Waals surface area contributed by atoms with Gasteiger partial charge in [0.15, 0.2) is 5.78 Å². The van der Waals surface area contributed by atoms with Gasteiger partial charge in [0.25, 0.3) is 0 Å². The third-order valence-corrected chi connectivity index (χ3v) is 1.93. The first-order valence-electron chi connectivity index (χ1n) is 4.02. The minimum atomic E-state index is 0.292. The van der Waals surface area contributed by atoms with E-state index in [2.05, 4.69) is 13.8 Å². The van der Waals surface area contributed by atoms with Crippen LogP contribution in [0.3, 0.4) is 0 Å². The smallest absolute Gasteiger partial charge is 0.163 e. The lowest BCUT2D eigenvalue weighted by molar-refractivity contribution is -0.115. The summed E-state index contributed by atoms with van der Waals surface area (Å²) in [5.41, 5.74) is 2.13. The number of hydrogen-bond acceptors (Lipinski definition) is 1. The largest absolute Gasteiger partial charge is 0.294 e. The van der Waals surface area contributed by atoms with Crippen LogP contribution in [-0.2, 0) is 4.79 Å². The van der Waals surface area contributed by atoms with Crippen molar-refractivity contribution in [1.82, 2.24) is 0 Å². The van der Waals surface area contributed by atoms with Crippen LogP contribution in [0.5, 0.6) is 0 Å². The maximum atomic E-state index is 11.3. The van der Waals surface area contributed by atoms with Crippen LogP contribution in [0.15, 0.2) is 23.3 Å². The minimum absolute atomic E-state index is 0.292. The van der Waals surface area contributed by atoms with Gasteiger partial charge < -0.3 is 0 Å². The molecule has 0 spiro atoms. The topological polar surface area (TPSA) is 17.1 Å². The zero-order valence-corrected chi connectivity index (χ0v) is 7.35. The van der Waals surface area contributed by atoms with E-state index in [1.165, 1.54) is 5.57 Å². The molecule has 11 heavy (non-hydrogen) atoms. The van der Waals surface area contributed by atoms with Crippen LogP contribution >= 0.6 is 0 Å². The van der Waals surface area contributed by atoms with Crippen LogP contribution in [0, 0.1) is 5.92 Å². The van der Waals surface area contributed by atoms with Crippen LogP contribution in [0.4, 0.5) is 0 Å². The van der Waals surface area contributed by atoms with Gasteiger partial charge in [-0.15, -0.1) is 0 Å². The monoisotopic (exact) mass is 150 g/mol. The molecule has 1 aliphatic carbocycles. The van der Waals surface area contributed by atoms with Gasteiger partial charge in [0.2, 0.25) is 0 Å². The molecule has 0 radical (unpaired) electrons. The predicted molar refractivity (Wildman–Crippen MR) is 46.3 cm³/mol. The van der Waals surface area contributed by atoms with Crippen LogP contribution in [0.25, 0.3) is 0 Å². The van der Waals surface area contributed by atoms with Crippen LogP contribution in [0.1, 0.15) is 27.2 Å². The first-order valence-corrected chi connectivity index (χ1v) is 4.02. The molecule has 0 unspecified atom stereocenters. The summed E-state index contributed by atoms with van der Waals surface area (Å²) in [6.45, 7) is 6.10. The molecule has 1 heteroatoms. The molecule has 0 atom stereocenters. The highest BCUT2D eigenvalue weighted by molar-refractivity contribution is 5.98. The highest BCUT2D eigenvalue weighted by Crippen LogP contribution is 2.20. The van der Waals surface area contributed by atoms with Crippen molar-refractivity contribution in [3.8, 4) is 0 Å². The van der Waals surface area contributed by atoms with Crippen molar-refractivity contribution in [2.24, 2.45) is 5.92 Å². The van der Waals surface area contributed by atoms with E-state index in [0.29, 0.717) is 18.1 Å². The van der Waals surface area contributed by atoms with Gasteiger partial charge in [-0.05, 0) is 18.4 Å². The molecule has 0 saturated carbocycles. The Bertz CT molecular complexity index is 231.